The first-order valence-corrected chi connectivity index (χ1v) is 13.0. The number of hydrogen-bond acceptors (Lipinski definition) is 5. The Balaban J connectivity index is 1.50. The van der Waals surface area contributed by atoms with Crippen molar-refractivity contribution in [2.24, 2.45) is 0 Å². The van der Waals surface area contributed by atoms with Gasteiger partial charge in [-0.2, -0.15) is 0 Å². The second-order valence-corrected chi connectivity index (χ2v) is 9.49. The lowest BCUT2D eigenvalue weighted by molar-refractivity contribution is -0.123. The summed E-state index contributed by atoms with van der Waals surface area (Å²) in [6.07, 6.45) is 7.78. The van der Waals surface area contributed by atoms with E-state index in [2.05, 4.69) is 5.32 Å². The van der Waals surface area contributed by atoms with E-state index in [1.165, 1.54) is 39.2 Å². The molecule has 3 aromatic carbocycles. The highest BCUT2D eigenvalue weighted by Gasteiger charge is 2.25. The summed E-state index contributed by atoms with van der Waals surface area (Å²) in [5.41, 5.74) is 2.24. The summed E-state index contributed by atoms with van der Waals surface area (Å²) in [7, 11) is 1.32. The Labute approximate surface area is 218 Å². The van der Waals surface area contributed by atoms with Gasteiger partial charge in [0.15, 0.2) is 0 Å². The van der Waals surface area contributed by atoms with E-state index in [1.54, 1.807) is 12.1 Å². The van der Waals surface area contributed by atoms with Crippen LogP contribution in [0.15, 0.2) is 72.8 Å². The fourth-order valence-electron chi connectivity index (χ4n) is 4.61. The van der Waals surface area contributed by atoms with Gasteiger partial charge >= 0.3 is 5.97 Å². The Morgan fingerprint density at radius 2 is 1.49 bits per heavy atom. The van der Waals surface area contributed by atoms with Crippen LogP contribution in [0.3, 0.4) is 0 Å². The molecule has 1 fully saturated rings. The number of esters is 1. The Hall–Kier alpha value is -3.80. The maximum Gasteiger partial charge on any atom is 0.339 e. The fourth-order valence-corrected chi connectivity index (χ4v) is 4.61. The van der Waals surface area contributed by atoms with Crippen LogP contribution in [0.1, 0.15) is 72.5 Å². The Morgan fingerprint density at radius 1 is 0.838 bits per heavy atom. The zero-order chi connectivity index (χ0) is 26.0. The van der Waals surface area contributed by atoms with Crippen LogP contribution in [-0.2, 0) is 9.53 Å². The molecule has 1 unspecified atom stereocenters. The molecule has 0 aliphatic heterocycles. The maximum absolute atomic E-state index is 13.4. The zero-order valence-electron chi connectivity index (χ0n) is 21.6. The molecule has 3 aromatic rings. The van der Waals surface area contributed by atoms with E-state index in [0.717, 1.165) is 24.2 Å². The van der Waals surface area contributed by atoms with E-state index in [9.17, 15) is 9.59 Å². The predicted molar refractivity (Wildman–Crippen MR) is 144 cm³/mol. The molecule has 0 saturated heterocycles. The topological polar surface area (TPSA) is 73.9 Å². The molecule has 0 spiro atoms. The number of nitrogens with one attached hydrogen (secondary N) is 1. The van der Waals surface area contributed by atoms with Gasteiger partial charge in [0.1, 0.15) is 11.5 Å². The number of hydrogen-bond donors (Lipinski definition) is 1. The number of methoxy groups -OCH3 is 1. The number of benzene rings is 3. The van der Waals surface area contributed by atoms with Crippen molar-refractivity contribution in [3.63, 3.8) is 0 Å². The van der Waals surface area contributed by atoms with Gasteiger partial charge < -0.3 is 19.5 Å². The van der Waals surface area contributed by atoms with Crippen LogP contribution in [-0.4, -0.2) is 25.1 Å². The van der Waals surface area contributed by atoms with E-state index < -0.39 is 18.0 Å². The van der Waals surface area contributed by atoms with Crippen molar-refractivity contribution in [3.05, 3.63) is 89.5 Å². The van der Waals surface area contributed by atoms with Gasteiger partial charge in [-0.3, -0.25) is 4.79 Å². The molecule has 4 rings (SSSR count). The van der Waals surface area contributed by atoms with Crippen LogP contribution in [0.4, 0.5) is 5.69 Å². The lowest BCUT2D eigenvalue weighted by atomic mass is 9.98. The summed E-state index contributed by atoms with van der Waals surface area (Å²) in [6, 6.07) is 21.9. The number of anilines is 1. The highest BCUT2D eigenvalue weighted by Crippen LogP contribution is 2.28. The average molecular weight is 502 g/mol. The van der Waals surface area contributed by atoms with Crippen molar-refractivity contribution in [2.75, 3.05) is 12.4 Å². The van der Waals surface area contributed by atoms with E-state index in [4.69, 9.17) is 14.2 Å². The van der Waals surface area contributed by atoms with E-state index in [-0.39, 0.29) is 6.10 Å². The van der Waals surface area contributed by atoms with Crippen molar-refractivity contribution in [1.82, 2.24) is 0 Å². The normalized spacial score (nSPS) is 15.1. The summed E-state index contributed by atoms with van der Waals surface area (Å²) in [4.78, 5) is 25.7. The van der Waals surface area contributed by atoms with Gasteiger partial charge in [-0.15, -0.1) is 0 Å². The van der Waals surface area contributed by atoms with Crippen LogP contribution in [0.25, 0.3) is 0 Å². The average Bonchev–Trinajstić information content (AvgIpc) is 2.90. The maximum atomic E-state index is 13.4. The van der Waals surface area contributed by atoms with E-state index in [0.29, 0.717) is 22.6 Å². The third-order valence-corrected chi connectivity index (χ3v) is 6.61. The second-order valence-electron chi connectivity index (χ2n) is 9.49. The molecule has 1 atom stereocenters. The molecule has 1 aliphatic rings. The third kappa shape index (κ3) is 7.35. The number of rotatable bonds is 8. The van der Waals surface area contributed by atoms with E-state index in [1.807, 2.05) is 67.6 Å². The van der Waals surface area contributed by atoms with Crippen LogP contribution >= 0.6 is 0 Å². The second kappa shape index (κ2) is 12.9. The molecule has 1 aliphatic carbocycles. The molecule has 0 radical (unpaired) electrons. The van der Waals surface area contributed by atoms with Crippen LogP contribution in [0.2, 0.25) is 0 Å². The SMILES string of the molecule is COC(=O)c1cc(C)ccc1NC(=O)C(Oc1ccc(OC2CCCCCCC2)cc1)c1ccccc1. The molecule has 1 N–H and O–H groups in total. The number of aryl methyl sites for hydroxylation is 1. The fraction of sp³-hybridized carbons (Fsp3) is 0.355. The van der Waals surface area contributed by atoms with Gasteiger partial charge in [0.25, 0.3) is 5.91 Å². The summed E-state index contributed by atoms with van der Waals surface area (Å²) in [6.45, 7) is 1.87. The smallest absolute Gasteiger partial charge is 0.339 e. The first kappa shape index (κ1) is 26.3. The van der Waals surface area contributed by atoms with Gasteiger partial charge in [0.2, 0.25) is 6.10 Å². The molecular formula is C31H35NO5. The van der Waals surface area contributed by atoms with Crippen LogP contribution < -0.4 is 14.8 Å². The van der Waals surface area contributed by atoms with Crippen molar-refractivity contribution >= 4 is 17.6 Å². The molecule has 6 nitrogen and oxygen atoms in total. The summed E-state index contributed by atoms with van der Waals surface area (Å²) < 4.78 is 17.3. The first-order valence-electron chi connectivity index (χ1n) is 13.0. The van der Waals surface area contributed by atoms with Gasteiger partial charge in [0.05, 0.1) is 24.5 Å². The number of ether oxygens (including phenoxy) is 3. The zero-order valence-corrected chi connectivity index (χ0v) is 21.6. The summed E-state index contributed by atoms with van der Waals surface area (Å²) in [5.74, 6) is 0.443. The quantitative estimate of drug-likeness (QED) is 0.335. The number of carbonyl (C=O) groups is 2. The number of carbonyl (C=O) groups excluding carboxylic acids is 2. The minimum absolute atomic E-state index is 0.244. The minimum Gasteiger partial charge on any atom is -0.490 e. The first-order chi connectivity index (χ1) is 18.0. The molecule has 0 aromatic heterocycles. The van der Waals surface area contributed by atoms with Crippen molar-refractivity contribution in [3.8, 4) is 11.5 Å². The number of amides is 1. The van der Waals surface area contributed by atoms with Gasteiger partial charge in [0, 0.05) is 5.56 Å². The molecule has 0 heterocycles. The monoisotopic (exact) mass is 501 g/mol. The van der Waals surface area contributed by atoms with Crippen molar-refractivity contribution in [2.45, 2.75) is 64.1 Å². The third-order valence-electron chi connectivity index (χ3n) is 6.61. The van der Waals surface area contributed by atoms with Gasteiger partial charge in [-0.1, -0.05) is 61.2 Å². The van der Waals surface area contributed by atoms with Gasteiger partial charge in [-0.25, -0.2) is 4.79 Å². The van der Waals surface area contributed by atoms with Crippen molar-refractivity contribution in [1.29, 1.82) is 0 Å². The lowest BCUT2D eigenvalue weighted by Gasteiger charge is -2.22. The van der Waals surface area contributed by atoms with Crippen LogP contribution in [0, 0.1) is 6.92 Å². The molecular weight excluding hydrogens is 466 g/mol. The van der Waals surface area contributed by atoms with Crippen LogP contribution in [0.5, 0.6) is 11.5 Å². The summed E-state index contributed by atoms with van der Waals surface area (Å²) >= 11 is 0. The predicted octanol–water partition coefficient (Wildman–Crippen LogP) is 7.03. The molecule has 37 heavy (non-hydrogen) atoms. The summed E-state index contributed by atoms with van der Waals surface area (Å²) in [5, 5.41) is 2.86. The highest BCUT2D eigenvalue weighted by atomic mass is 16.5. The van der Waals surface area contributed by atoms with Gasteiger partial charge in [-0.05, 0) is 69.0 Å². The molecule has 0 bridgehead atoms. The Bertz CT molecular complexity index is 1170. The Morgan fingerprint density at radius 3 is 2.16 bits per heavy atom. The Kier molecular flexibility index (Phi) is 9.19. The lowest BCUT2D eigenvalue weighted by Crippen LogP contribution is -2.26. The molecule has 6 heteroatoms. The minimum atomic E-state index is -0.926. The highest BCUT2D eigenvalue weighted by molar-refractivity contribution is 6.03. The molecule has 1 amide bonds. The largest absolute Gasteiger partial charge is 0.490 e. The van der Waals surface area contributed by atoms with E-state index >= 15 is 0 Å². The standard InChI is InChI=1S/C31H35NO5/c1-22-15-20-28(27(21-22)31(34)35-2)32-30(33)29(23-11-7-6-8-12-23)37-26-18-16-25(17-19-26)36-24-13-9-4-3-5-10-14-24/h6-8,11-12,15-21,24,29H,3-5,9-10,13-14H2,1-2H3,(H,32,33). The molecule has 194 valence electrons. The molecule has 1 saturated carbocycles. The van der Waals surface area contributed by atoms with Crippen molar-refractivity contribution < 1.29 is 23.8 Å².